The monoisotopic (exact) mass is 251 g/mol. The van der Waals surface area contributed by atoms with Gasteiger partial charge < -0.3 is 10.4 Å². The van der Waals surface area contributed by atoms with E-state index in [0.717, 1.165) is 6.26 Å². The van der Waals surface area contributed by atoms with E-state index in [1.54, 1.807) is 0 Å². The van der Waals surface area contributed by atoms with Crippen molar-refractivity contribution in [3.05, 3.63) is 0 Å². The number of aliphatic carboxylic acids is 1. The Morgan fingerprint density at radius 1 is 1.31 bits per heavy atom. The van der Waals surface area contributed by atoms with Crippen molar-refractivity contribution in [3.63, 3.8) is 0 Å². The molecule has 0 bridgehead atoms. The van der Waals surface area contributed by atoms with Gasteiger partial charge in [0.2, 0.25) is 5.91 Å². The zero-order chi connectivity index (χ0) is 12.9. The standard InChI is InChI=1S/C9H17NO5S/c1-6(2)4-7(9(12)13)10-8(11)5-16(3,14)15/h6-7H,4-5H2,1-3H3,(H,10,11)(H,12,13)/t7-/m1/s1. The molecule has 94 valence electrons. The Kier molecular flexibility index (Phi) is 5.43. The normalized spacial score (nSPS) is 13.5. The molecule has 0 radical (unpaired) electrons. The molecule has 2 N–H and O–H groups in total. The van der Waals surface area contributed by atoms with Crippen molar-refractivity contribution in [1.82, 2.24) is 5.32 Å². The van der Waals surface area contributed by atoms with Gasteiger partial charge in [0.05, 0.1) is 0 Å². The average molecular weight is 251 g/mol. The Morgan fingerprint density at radius 3 is 2.12 bits per heavy atom. The van der Waals surface area contributed by atoms with Crippen LogP contribution in [0.4, 0.5) is 0 Å². The van der Waals surface area contributed by atoms with Gasteiger partial charge in [-0.3, -0.25) is 4.79 Å². The van der Waals surface area contributed by atoms with Crippen LogP contribution in [0.25, 0.3) is 0 Å². The SMILES string of the molecule is CC(C)C[C@@H](NC(=O)CS(C)(=O)=O)C(=O)O. The minimum Gasteiger partial charge on any atom is -0.480 e. The van der Waals surface area contributed by atoms with Crippen molar-refractivity contribution in [2.24, 2.45) is 5.92 Å². The lowest BCUT2D eigenvalue weighted by Gasteiger charge is -2.15. The zero-order valence-corrected chi connectivity index (χ0v) is 10.4. The third-order valence-corrected chi connectivity index (χ3v) is 2.52. The molecular weight excluding hydrogens is 234 g/mol. The minimum absolute atomic E-state index is 0.0969. The number of hydrogen-bond donors (Lipinski definition) is 2. The fourth-order valence-electron chi connectivity index (χ4n) is 1.17. The van der Waals surface area contributed by atoms with Crippen LogP contribution in [-0.2, 0) is 19.4 Å². The molecule has 0 aromatic carbocycles. The molecule has 0 aliphatic heterocycles. The Balaban J connectivity index is 4.41. The van der Waals surface area contributed by atoms with Gasteiger partial charge in [0.15, 0.2) is 9.84 Å². The minimum atomic E-state index is -3.43. The van der Waals surface area contributed by atoms with Crippen LogP contribution in [0.5, 0.6) is 0 Å². The van der Waals surface area contributed by atoms with E-state index in [0.29, 0.717) is 0 Å². The molecule has 0 aliphatic rings. The van der Waals surface area contributed by atoms with Gasteiger partial charge in [-0.15, -0.1) is 0 Å². The highest BCUT2D eigenvalue weighted by atomic mass is 32.2. The lowest BCUT2D eigenvalue weighted by Crippen LogP contribution is -2.43. The summed E-state index contributed by atoms with van der Waals surface area (Å²) >= 11 is 0. The molecule has 0 saturated heterocycles. The molecule has 0 rings (SSSR count). The molecule has 0 aromatic rings. The molecule has 0 heterocycles. The number of carboxylic acid groups (broad SMARTS) is 1. The molecule has 1 amide bonds. The number of hydrogen-bond acceptors (Lipinski definition) is 4. The van der Waals surface area contributed by atoms with Crippen LogP contribution < -0.4 is 5.32 Å². The van der Waals surface area contributed by atoms with Gasteiger partial charge in [0.1, 0.15) is 11.8 Å². The van der Waals surface area contributed by atoms with Crippen LogP contribution >= 0.6 is 0 Å². The van der Waals surface area contributed by atoms with E-state index in [9.17, 15) is 18.0 Å². The molecule has 6 nitrogen and oxygen atoms in total. The van der Waals surface area contributed by atoms with Crippen molar-refractivity contribution in [2.75, 3.05) is 12.0 Å². The van der Waals surface area contributed by atoms with Crippen molar-refractivity contribution in [3.8, 4) is 0 Å². The molecule has 0 aliphatic carbocycles. The number of nitrogens with one attached hydrogen (secondary N) is 1. The van der Waals surface area contributed by atoms with Gasteiger partial charge >= 0.3 is 5.97 Å². The van der Waals surface area contributed by atoms with Crippen molar-refractivity contribution in [1.29, 1.82) is 0 Å². The Labute approximate surface area is 95.0 Å². The predicted octanol–water partition coefficient (Wildman–Crippen LogP) is -0.353. The summed E-state index contributed by atoms with van der Waals surface area (Å²) in [5.41, 5.74) is 0. The van der Waals surface area contributed by atoms with Gasteiger partial charge in [0, 0.05) is 6.26 Å². The van der Waals surface area contributed by atoms with Gasteiger partial charge in [-0.2, -0.15) is 0 Å². The summed E-state index contributed by atoms with van der Waals surface area (Å²) in [4.78, 5) is 22.0. The highest BCUT2D eigenvalue weighted by molar-refractivity contribution is 7.91. The lowest BCUT2D eigenvalue weighted by atomic mass is 10.0. The number of carbonyl (C=O) groups is 2. The van der Waals surface area contributed by atoms with E-state index in [1.807, 2.05) is 13.8 Å². The molecule has 0 spiro atoms. The molecule has 7 heteroatoms. The maximum atomic E-state index is 11.2. The summed E-state index contributed by atoms with van der Waals surface area (Å²) in [6, 6.07) is -1.03. The van der Waals surface area contributed by atoms with E-state index >= 15 is 0 Å². The molecule has 0 fully saturated rings. The number of amides is 1. The van der Waals surface area contributed by atoms with Crippen molar-refractivity contribution in [2.45, 2.75) is 26.3 Å². The third kappa shape index (κ3) is 7.22. The lowest BCUT2D eigenvalue weighted by molar-refractivity contribution is -0.141. The maximum Gasteiger partial charge on any atom is 0.326 e. The van der Waals surface area contributed by atoms with E-state index < -0.39 is 33.5 Å². The van der Waals surface area contributed by atoms with Crippen LogP contribution in [-0.4, -0.2) is 43.5 Å². The largest absolute Gasteiger partial charge is 0.480 e. The Bertz CT molecular complexity index is 360. The number of rotatable bonds is 6. The van der Waals surface area contributed by atoms with E-state index in [1.165, 1.54) is 0 Å². The molecular formula is C9H17NO5S. The second-order valence-corrected chi connectivity index (χ2v) is 6.30. The second kappa shape index (κ2) is 5.83. The molecule has 16 heavy (non-hydrogen) atoms. The average Bonchev–Trinajstić information content (AvgIpc) is 1.97. The Hall–Kier alpha value is -1.11. The molecule has 0 unspecified atom stereocenters. The first-order valence-corrected chi connectivity index (χ1v) is 6.87. The summed E-state index contributed by atoms with van der Waals surface area (Å²) < 4.78 is 21.6. The van der Waals surface area contributed by atoms with E-state index in [2.05, 4.69) is 5.32 Å². The van der Waals surface area contributed by atoms with Gasteiger partial charge in [-0.05, 0) is 12.3 Å². The fraction of sp³-hybridized carbons (Fsp3) is 0.778. The summed E-state index contributed by atoms with van der Waals surface area (Å²) in [5, 5.41) is 11.0. The molecule has 1 atom stereocenters. The molecule has 0 aromatic heterocycles. The number of sulfone groups is 1. The first-order valence-electron chi connectivity index (χ1n) is 4.81. The zero-order valence-electron chi connectivity index (χ0n) is 9.56. The number of carboxylic acids is 1. The summed E-state index contributed by atoms with van der Waals surface area (Å²) in [6.45, 7) is 3.64. The first kappa shape index (κ1) is 14.9. The molecule has 0 saturated carbocycles. The van der Waals surface area contributed by atoms with E-state index in [4.69, 9.17) is 5.11 Å². The highest BCUT2D eigenvalue weighted by Crippen LogP contribution is 2.04. The van der Waals surface area contributed by atoms with Crippen molar-refractivity contribution >= 4 is 21.7 Å². The first-order chi connectivity index (χ1) is 7.11. The second-order valence-electron chi connectivity index (χ2n) is 4.16. The van der Waals surface area contributed by atoms with Crippen LogP contribution in [0.3, 0.4) is 0 Å². The van der Waals surface area contributed by atoms with Crippen molar-refractivity contribution < 1.29 is 23.1 Å². The Morgan fingerprint density at radius 2 is 1.81 bits per heavy atom. The summed E-state index contributed by atoms with van der Waals surface area (Å²) in [7, 11) is -3.43. The quantitative estimate of drug-likeness (QED) is 0.671. The predicted molar refractivity (Wildman–Crippen MR) is 58.7 cm³/mol. The summed E-state index contributed by atoms with van der Waals surface area (Å²) in [6.07, 6.45) is 1.19. The van der Waals surface area contributed by atoms with E-state index in [-0.39, 0.29) is 12.3 Å². The fourth-order valence-corrected chi connectivity index (χ4v) is 1.73. The summed E-state index contributed by atoms with van der Waals surface area (Å²) in [5.74, 6) is -2.53. The third-order valence-electron chi connectivity index (χ3n) is 1.73. The smallest absolute Gasteiger partial charge is 0.326 e. The van der Waals surface area contributed by atoms with Crippen LogP contribution in [0.1, 0.15) is 20.3 Å². The van der Waals surface area contributed by atoms with Gasteiger partial charge in [-0.25, -0.2) is 13.2 Å². The van der Waals surface area contributed by atoms with Crippen LogP contribution in [0, 0.1) is 5.92 Å². The van der Waals surface area contributed by atoms with Crippen LogP contribution in [0.15, 0.2) is 0 Å². The van der Waals surface area contributed by atoms with Crippen LogP contribution in [0.2, 0.25) is 0 Å². The van der Waals surface area contributed by atoms with Gasteiger partial charge in [0.25, 0.3) is 0 Å². The highest BCUT2D eigenvalue weighted by Gasteiger charge is 2.22. The number of carbonyl (C=O) groups excluding carboxylic acids is 1. The van der Waals surface area contributed by atoms with Gasteiger partial charge in [-0.1, -0.05) is 13.8 Å². The maximum absolute atomic E-state index is 11.2. The topological polar surface area (TPSA) is 101 Å².